The summed E-state index contributed by atoms with van der Waals surface area (Å²) in [6.07, 6.45) is 5.73. The van der Waals surface area contributed by atoms with Gasteiger partial charge < -0.3 is 5.41 Å². The topological polar surface area (TPSA) is 52.5 Å². The van der Waals surface area contributed by atoms with Crippen molar-refractivity contribution in [2.24, 2.45) is 0 Å². The largest absolute Gasteiger partial charge is 0.300 e. The highest BCUT2D eigenvalue weighted by molar-refractivity contribution is 6.06. The van der Waals surface area contributed by atoms with Crippen LogP contribution in [0.3, 0.4) is 0 Å². The molecule has 1 atom stereocenters. The van der Waals surface area contributed by atoms with Crippen LogP contribution in [0.1, 0.15) is 29.7 Å². The smallest absolute Gasteiger partial charge is 0.0609 e. The average molecular weight is 239 g/mol. The van der Waals surface area contributed by atoms with Crippen molar-refractivity contribution < 1.29 is 0 Å². The fraction of sp³-hybridized carbons (Fsp3) is 0.200. The summed E-state index contributed by atoms with van der Waals surface area (Å²) in [7, 11) is 0. The molecule has 3 nitrogen and oxygen atoms in total. The molecule has 1 aromatic heterocycles. The summed E-state index contributed by atoms with van der Waals surface area (Å²) in [4.78, 5) is 0. The second kappa shape index (κ2) is 5.45. The van der Waals surface area contributed by atoms with Gasteiger partial charge in [0.1, 0.15) is 0 Å². The molecule has 0 aliphatic rings. The highest BCUT2D eigenvalue weighted by Gasteiger charge is 2.07. The number of allylic oxidation sites excluding steroid dienone is 2. The van der Waals surface area contributed by atoms with Crippen molar-refractivity contribution in [3.05, 3.63) is 65.5 Å². The van der Waals surface area contributed by atoms with Crippen LogP contribution in [0.2, 0.25) is 0 Å². The SMILES string of the molecule is Cc1[nH]ncc1C(C)/C=C\C(=N)c1ccccc1. The number of aromatic nitrogens is 2. The van der Waals surface area contributed by atoms with Gasteiger partial charge in [-0.3, -0.25) is 5.10 Å². The Labute approximate surface area is 107 Å². The van der Waals surface area contributed by atoms with Crippen LogP contribution in [0.25, 0.3) is 0 Å². The molecule has 0 fully saturated rings. The Balaban J connectivity index is 2.08. The van der Waals surface area contributed by atoms with Gasteiger partial charge >= 0.3 is 0 Å². The van der Waals surface area contributed by atoms with Gasteiger partial charge in [-0.05, 0) is 24.1 Å². The van der Waals surface area contributed by atoms with Crippen molar-refractivity contribution in [2.75, 3.05) is 0 Å². The lowest BCUT2D eigenvalue weighted by Crippen LogP contribution is -1.96. The van der Waals surface area contributed by atoms with Crippen molar-refractivity contribution in [2.45, 2.75) is 19.8 Å². The fourth-order valence-electron chi connectivity index (χ4n) is 1.88. The first-order valence-corrected chi connectivity index (χ1v) is 6.00. The first-order chi connectivity index (χ1) is 8.68. The van der Waals surface area contributed by atoms with Gasteiger partial charge in [-0.2, -0.15) is 5.10 Å². The van der Waals surface area contributed by atoms with Crippen LogP contribution < -0.4 is 0 Å². The molecular weight excluding hydrogens is 222 g/mol. The number of aromatic amines is 1. The lowest BCUT2D eigenvalue weighted by atomic mass is 10.0. The second-order valence-electron chi connectivity index (χ2n) is 4.38. The number of benzene rings is 1. The van der Waals surface area contributed by atoms with E-state index in [0.29, 0.717) is 5.71 Å². The summed E-state index contributed by atoms with van der Waals surface area (Å²) in [5.41, 5.74) is 3.72. The minimum atomic E-state index is 0.257. The van der Waals surface area contributed by atoms with Crippen molar-refractivity contribution in [1.29, 1.82) is 5.41 Å². The molecule has 2 N–H and O–H groups in total. The molecule has 1 unspecified atom stereocenters. The first kappa shape index (κ1) is 12.3. The Hall–Kier alpha value is -2.16. The Morgan fingerprint density at radius 2 is 2.06 bits per heavy atom. The van der Waals surface area contributed by atoms with Crippen molar-refractivity contribution in [3.63, 3.8) is 0 Å². The molecule has 18 heavy (non-hydrogen) atoms. The molecule has 0 bridgehead atoms. The summed E-state index contributed by atoms with van der Waals surface area (Å²) in [5.74, 6) is 0.257. The van der Waals surface area contributed by atoms with Gasteiger partial charge in [0, 0.05) is 11.6 Å². The lowest BCUT2D eigenvalue weighted by Gasteiger charge is -2.04. The van der Waals surface area contributed by atoms with E-state index in [1.807, 2.05) is 55.6 Å². The van der Waals surface area contributed by atoms with Crippen molar-refractivity contribution in [1.82, 2.24) is 10.2 Å². The fourth-order valence-corrected chi connectivity index (χ4v) is 1.88. The van der Waals surface area contributed by atoms with Gasteiger partial charge in [0.15, 0.2) is 0 Å². The standard InChI is InChI=1S/C15H17N3/c1-11(14-10-17-18-12(14)2)8-9-15(16)13-6-4-3-5-7-13/h3-11,16H,1-2H3,(H,17,18)/b9-8-,16-15?. The van der Waals surface area contributed by atoms with Crippen LogP contribution in [-0.4, -0.2) is 15.9 Å². The predicted molar refractivity (Wildman–Crippen MR) is 74.2 cm³/mol. The van der Waals surface area contributed by atoms with Gasteiger partial charge in [0.2, 0.25) is 0 Å². The van der Waals surface area contributed by atoms with E-state index in [0.717, 1.165) is 11.3 Å². The molecule has 2 rings (SSSR count). The lowest BCUT2D eigenvalue weighted by molar-refractivity contribution is 0.951. The maximum Gasteiger partial charge on any atom is 0.0609 e. The number of hydrogen-bond donors (Lipinski definition) is 2. The van der Waals surface area contributed by atoms with E-state index in [-0.39, 0.29) is 5.92 Å². The molecule has 0 spiro atoms. The normalized spacial score (nSPS) is 12.8. The van der Waals surface area contributed by atoms with E-state index in [1.165, 1.54) is 5.56 Å². The summed E-state index contributed by atoms with van der Waals surface area (Å²) in [6, 6.07) is 9.74. The van der Waals surface area contributed by atoms with E-state index in [1.54, 1.807) is 0 Å². The molecule has 1 heterocycles. The summed E-state index contributed by atoms with van der Waals surface area (Å²) in [6.45, 7) is 4.11. The zero-order chi connectivity index (χ0) is 13.0. The Kier molecular flexibility index (Phi) is 3.72. The van der Waals surface area contributed by atoms with Gasteiger partial charge in [0.05, 0.1) is 11.9 Å². The van der Waals surface area contributed by atoms with Crippen molar-refractivity contribution in [3.8, 4) is 0 Å². The predicted octanol–water partition coefficient (Wildman–Crippen LogP) is 3.45. The highest BCUT2D eigenvalue weighted by Crippen LogP contribution is 2.18. The molecule has 92 valence electrons. The highest BCUT2D eigenvalue weighted by atomic mass is 15.1. The number of rotatable bonds is 4. The molecule has 1 aromatic carbocycles. The van der Waals surface area contributed by atoms with E-state index in [2.05, 4.69) is 17.1 Å². The van der Waals surface area contributed by atoms with Crippen molar-refractivity contribution >= 4 is 5.71 Å². The Bertz CT molecular complexity index is 552. The van der Waals surface area contributed by atoms with Crippen LogP contribution in [-0.2, 0) is 0 Å². The molecule has 3 heteroatoms. The van der Waals surface area contributed by atoms with Gasteiger partial charge in [0.25, 0.3) is 0 Å². The quantitative estimate of drug-likeness (QED) is 0.789. The number of nitrogens with zero attached hydrogens (tertiary/aromatic N) is 1. The third kappa shape index (κ3) is 2.74. The third-order valence-corrected chi connectivity index (χ3v) is 3.00. The monoisotopic (exact) mass is 239 g/mol. The van der Waals surface area contributed by atoms with Gasteiger partial charge in [-0.1, -0.05) is 43.3 Å². The first-order valence-electron chi connectivity index (χ1n) is 6.00. The Morgan fingerprint density at radius 3 is 2.67 bits per heavy atom. The molecule has 0 radical (unpaired) electrons. The van der Waals surface area contributed by atoms with E-state index >= 15 is 0 Å². The minimum Gasteiger partial charge on any atom is -0.300 e. The zero-order valence-electron chi connectivity index (χ0n) is 10.6. The minimum absolute atomic E-state index is 0.257. The molecule has 0 aliphatic heterocycles. The third-order valence-electron chi connectivity index (χ3n) is 3.00. The maximum atomic E-state index is 7.99. The summed E-state index contributed by atoms with van der Waals surface area (Å²) in [5, 5.41) is 14.9. The molecule has 0 aliphatic carbocycles. The molecule has 0 saturated carbocycles. The number of H-pyrrole nitrogens is 1. The van der Waals surface area contributed by atoms with Gasteiger partial charge in [-0.25, -0.2) is 0 Å². The number of aryl methyl sites for hydroxylation is 1. The van der Waals surface area contributed by atoms with E-state index < -0.39 is 0 Å². The average Bonchev–Trinajstić information content (AvgIpc) is 2.83. The van der Waals surface area contributed by atoms with Crippen LogP contribution in [0, 0.1) is 12.3 Å². The molecule has 2 aromatic rings. The van der Waals surface area contributed by atoms with Crippen LogP contribution in [0.5, 0.6) is 0 Å². The summed E-state index contributed by atoms with van der Waals surface area (Å²) < 4.78 is 0. The van der Waals surface area contributed by atoms with Gasteiger partial charge in [-0.15, -0.1) is 0 Å². The second-order valence-corrected chi connectivity index (χ2v) is 4.38. The van der Waals surface area contributed by atoms with E-state index in [4.69, 9.17) is 5.41 Å². The molecule has 0 saturated heterocycles. The number of hydrogen-bond acceptors (Lipinski definition) is 2. The van der Waals surface area contributed by atoms with Crippen LogP contribution in [0.15, 0.2) is 48.7 Å². The molecule has 0 amide bonds. The molecular formula is C15H17N3. The Morgan fingerprint density at radius 1 is 1.33 bits per heavy atom. The van der Waals surface area contributed by atoms with E-state index in [9.17, 15) is 0 Å². The van der Waals surface area contributed by atoms with Crippen LogP contribution in [0.4, 0.5) is 0 Å². The summed E-state index contributed by atoms with van der Waals surface area (Å²) >= 11 is 0. The zero-order valence-corrected chi connectivity index (χ0v) is 10.6. The maximum absolute atomic E-state index is 7.99. The van der Waals surface area contributed by atoms with Crippen LogP contribution >= 0.6 is 0 Å². The number of nitrogens with one attached hydrogen (secondary N) is 2.